The molecular formula is C19H38O3. The standard InChI is InChI=1S/C19H38O3/c1-4-5-6-7-8-9-10-11-12-13-14-15-17(2)16-22-19(21)18(3)20/h17-18,20H,4-16H2,1-3H3. The summed E-state index contributed by atoms with van der Waals surface area (Å²) in [5.41, 5.74) is 0. The Bertz CT molecular complexity index is 251. The Hall–Kier alpha value is -0.570. The number of aliphatic hydroxyl groups excluding tert-OH is 1. The number of rotatable bonds is 15. The molecule has 1 N–H and O–H groups in total. The summed E-state index contributed by atoms with van der Waals surface area (Å²) in [5.74, 6) is -0.118. The largest absolute Gasteiger partial charge is 0.463 e. The lowest BCUT2D eigenvalue weighted by molar-refractivity contribution is -0.153. The first-order chi connectivity index (χ1) is 10.6. The molecule has 0 aliphatic heterocycles. The van der Waals surface area contributed by atoms with Gasteiger partial charge < -0.3 is 9.84 Å². The van der Waals surface area contributed by atoms with Crippen LogP contribution in [0, 0.1) is 5.92 Å². The van der Waals surface area contributed by atoms with Crippen molar-refractivity contribution >= 4 is 5.97 Å². The molecule has 0 aromatic rings. The lowest BCUT2D eigenvalue weighted by Crippen LogP contribution is -2.21. The van der Waals surface area contributed by atoms with E-state index in [0.717, 1.165) is 6.42 Å². The quantitative estimate of drug-likeness (QED) is 0.332. The Labute approximate surface area is 137 Å². The van der Waals surface area contributed by atoms with Gasteiger partial charge in [-0.3, -0.25) is 0 Å². The van der Waals surface area contributed by atoms with Gasteiger partial charge in [0.2, 0.25) is 0 Å². The van der Waals surface area contributed by atoms with E-state index in [-0.39, 0.29) is 0 Å². The molecule has 2 unspecified atom stereocenters. The van der Waals surface area contributed by atoms with Crippen LogP contribution in [0.15, 0.2) is 0 Å². The van der Waals surface area contributed by atoms with Crippen molar-refractivity contribution in [3.05, 3.63) is 0 Å². The average molecular weight is 315 g/mol. The molecule has 0 aromatic heterocycles. The maximum Gasteiger partial charge on any atom is 0.334 e. The Kier molecular flexibility index (Phi) is 14.9. The van der Waals surface area contributed by atoms with E-state index in [4.69, 9.17) is 9.84 Å². The minimum atomic E-state index is -1.01. The van der Waals surface area contributed by atoms with Gasteiger partial charge in [0, 0.05) is 0 Å². The van der Waals surface area contributed by atoms with Gasteiger partial charge in [0.1, 0.15) is 6.10 Å². The number of esters is 1. The minimum absolute atomic E-state index is 0.390. The summed E-state index contributed by atoms with van der Waals surface area (Å²) in [6.07, 6.45) is 15.0. The third-order valence-corrected chi connectivity index (χ3v) is 4.15. The normalized spacial score (nSPS) is 13.8. The molecule has 22 heavy (non-hydrogen) atoms. The highest BCUT2D eigenvalue weighted by Crippen LogP contribution is 2.14. The Morgan fingerprint density at radius 2 is 1.32 bits per heavy atom. The molecule has 0 heterocycles. The minimum Gasteiger partial charge on any atom is -0.463 e. The number of aliphatic hydroxyl groups is 1. The number of carbonyl (C=O) groups excluding carboxylic acids is 1. The second-order valence-corrected chi connectivity index (χ2v) is 6.74. The van der Waals surface area contributed by atoms with Gasteiger partial charge in [-0.05, 0) is 19.3 Å². The zero-order valence-electron chi connectivity index (χ0n) is 15.1. The van der Waals surface area contributed by atoms with E-state index in [0.29, 0.717) is 12.5 Å². The zero-order chi connectivity index (χ0) is 16.6. The van der Waals surface area contributed by atoms with E-state index < -0.39 is 12.1 Å². The van der Waals surface area contributed by atoms with Crippen molar-refractivity contribution in [1.29, 1.82) is 0 Å². The van der Waals surface area contributed by atoms with Gasteiger partial charge in [-0.25, -0.2) is 4.79 Å². The molecule has 0 saturated heterocycles. The van der Waals surface area contributed by atoms with Gasteiger partial charge >= 0.3 is 5.97 Å². The maximum absolute atomic E-state index is 11.1. The van der Waals surface area contributed by atoms with Crippen LogP contribution in [0.3, 0.4) is 0 Å². The molecule has 0 fully saturated rings. The molecule has 3 nitrogen and oxygen atoms in total. The Morgan fingerprint density at radius 1 is 0.864 bits per heavy atom. The lowest BCUT2D eigenvalue weighted by Gasteiger charge is -2.12. The molecular weight excluding hydrogens is 276 g/mol. The van der Waals surface area contributed by atoms with Crippen molar-refractivity contribution in [2.24, 2.45) is 5.92 Å². The van der Waals surface area contributed by atoms with Crippen LogP contribution in [-0.4, -0.2) is 23.8 Å². The smallest absolute Gasteiger partial charge is 0.334 e. The summed E-state index contributed by atoms with van der Waals surface area (Å²) in [4.78, 5) is 11.1. The summed E-state index contributed by atoms with van der Waals surface area (Å²) in [5, 5.41) is 9.04. The molecule has 0 saturated carbocycles. The van der Waals surface area contributed by atoms with Crippen LogP contribution < -0.4 is 0 Å². The van der Waals surface area contributed by atoms with Crippen molar-refractivity contribution in [2.75, 3.05) is 6.61 Å². The molecule has 2 atom stereocenters. The fourth-order valence-corrected chi connectivity index (χ4v) is 2.59. The van der Waals surface area contributed by atoms with E-state index >= 15 is 0 Å². The number of ether oxygens (including phenoxy) is 1. The molecule has 0 bridgehead atoms. The van der Waals surface area contributed by atoms with Crippen LogP contribution in [0.5, 0.6) is 0 Å². The van der Waals surface area contributed by atoms with Crippen LogP contribution in [0.2, 0.25) is 0 Å². The van der Waals surface area contributed by atoms with Crippen LogP contribution in [-0.2, 0) is 9.53 Å². The summed E-state index contributed by atoms with van der Waals surface area (Å²) in [6.45, 7) is 6.24. The number of unbranched alkanes of at least 4 members (excludes halogenated alkanes) is 10. The maximum atomic E-state index is 11.1. The van der Waals surface area contributed by atoms with Gasteiger partial charge in [-0.2, -0.15) is 0 Å². The van der Waals surface area contributed by atoms with Gasteiger partial charge in [-0.1, -0.05) is 84.5 Å². The van der Waals surface area contributed by atoms with Crippen LogP contribution >= 0.6 is 0 Å². The molecule has 0 radical (unpaired) electrons. The third-order valence-electron chi connectivity index (χ3n) is 4.15. The summed E-state index contributed by atoms with van der Waals surface area (Å²) >= 11 is 0. The molecule has 0 aromatic carbocycles. The predicted molar refractivity (Wildman–Crippen MR) is 92.9 cm³/mol. The first kappa shape index (κ1) is 21.4. The second kappa shape index (κ2) is 15.3. The number of hydrogen-bond acceptors (Lipinski definition) is 3. The topological polar surface area (TPSA) is 46.5 Å². The van der Waals surface area contributed by atoms with Crippen LogP contribution in [0.1, 0.15) is 97.8 Å². The van der Waals surface area contributed by atoms with Crippen molar-refractivity contribution < 1.29 is 14.6 Å². The van der Waals surface area contributed by atoms with E-state index in [1.165, 1.54) is 77.6 Å². The van der Waals surface area contributed by atoms with Gasteiger partial charge in [0.05, 0.1) is 6.61 Å². The SMILES string of the molecule is CCCCCCCCCCCCCC(C)COC(=O)C(C)O. The van der Waals surface area contributed by atoms with Gasteiger partial charge in [0.15, 0.2) is 0 Å². The predicted octanol–water partition coefficient (Wildman–Crippen LogP) is 5.25. The van der Waals surface area contributed by atoms with E-state index in [1.54, 1.807) is 0 Å². The van der Waals surface area contributed by atoms with Crippen molar-refractivity contribution in [2.45, 2.75) is 104 Å². The van der Waals surface area contributed by atoms with Crippen molar-refractivity contribution in [3.63, 3.8) is 0 Å². The first-order valence-corrected chi connectivity index (χ1v) is 9.42. The molecule has 132 valence electrons. The summed E-state index contributed by atoms with van der Waals surface area (Å²) < 4.78 is 5.03. The number of carbonyl (C=O) groups is 1. The van der Waals surface area contributed by atoms with Crippen LogP contribution in [0.4, 0.5) is 0 Å². The highest BCUT2D eigenvalue weighted by molar-refractivity contribution is 5.73. The average Bonchev–Trinajstić information content (AvgIpc) is 2.50. The molecule has 3 heteroatoms. The molecule has 0 amide bonds. The van der Waals surface area contributed by atoms with E-state index in [2.05, 4.69) is 13.8 Å². The van der Waals surface area contributed by atoms with Gasteiger partial charge in [-0.15, -0.1) is 0 Å². The first-order valence-electron chi connectivity index (χ1n) is 9.42. The van der Waals surface area contributed by atoms with E-state index in [1.807, 2.05) is 0 Å². The van der Waals surface area contributed by atoms with Gasteiger partial charge in [0.25, 0.3) is 0 Å². The fourth-order valence-electron chi connectivity index (χ4n) is 2.59. The molecule has 0 aliphatic carbocycles. The lowest BCUT2D eigenvalue weighted by atomic mass is 10.0. The van der Waals surface area contributed by atoms with Crippen molar-refractivity contribution in [1.82, 2.24) is 0 Å². The molecule has 0 rings (SSSR count). The monoisotopic (exact) mass is 314 g/mol. The second-order valence-electron chi connectivity index (χ2n) is 6.74. The fraction of sp³-hybridized carbons (Fsp3) is 0.947. The summed E-state index contributed by atoms with van der Waals surface area (Å²) in [6, 6.07) is 0. The molecule has 0 spiro atoms. The Balaban J connectivity index is 3.23. The molecule has 0 aliphatic rings. The highest BCUT2D eigenvalue weighted by Gasteiger charge is 2.11. The number of hydrogen-bond donors (Lipinski definition) is 1. The third kappa shape index (κ3) is 14.4. The van der Waals surface area contributed by atoms with E-state index in [9.17, 15) is 4.79 Å². The Morgan fingerprint density at radius 3 is 1.77 bits per heavy atom. The summed E-state index contributed by atoms with van der Waals surface area (Å²) in [7, 11) is 0. The zero-order valence-corrected chi connectivity index (χ0v) is 15.1. The van der Waals surface area contributed by atoms with Crippen molar-refractivity contribution in [3.8, 4) is 0 Å². The van der Waals surface area contributed by atoms with Crippen LogP contribution in [0.25, 0.3) is 0 Å². The highest BCUT2D eigenvalue weighted by atomic mass is 16.5.